The summed E-state index contributed by atoms with van der Waals surface area (Å²) < 4.78 is 5.27. The summed E-state index contributed by atoms with van der Waals surface area (Å²) in [5.74, 6) is 0.395. The second kappa shape index (κ2) is 9.45. The van der Waals surface area contributed by atoms with Gasteiger partial charge in [0.05, 0.1) is 7.11 Å². The zero-order chi connectivity index (χ0) is 20.8. The van der Waals surface area contributed by atoms with Gasteiger partial charge in [-0.05, 0) is 43.0 Å². The highest BCUT2D eigenvalue weighted by atomic mass is 16.5. The summed E-state index contributed by atoms with van der Waals surface area (Å²) >= 11 is 0. The number of aromatic nitrogens is 1. The number of benzene rings is 1. The monoisotopic (exact) mass is 400 g/mol. The number of hydrogen-bond acceptors (Lipinski definition) is 4. The van der Waals surface area contributed by atoms with Crippen molar-refractivity contribution in [1.29, 1.82) is 0 Å². The number of urea groups is 1. The maximum absolute atomic E-state index is 12.6. The summed E-state index contributed by atoms with van der Waals surface area (Å²) in [7, 11) is 1.62. The fourth-order valence-electron chi connectivity index (χ4n) is 3.48. The summed E-state index contributed by atoms with van der Waals surface area (Å²) in [5, 5.41) is 6.53. The molecule has 8 nitrogen and oxygen atoms in total. The van der Waals surface area contributed by atoms with E-state index in [-0.39, 0.29) is 24.8 Å². The fourth-order valence-corrected chi connectivity index (χ4v) is 3.48. The molecule has 0 saturated carbocycles. The number of methoxy groups -OCH3 is 1. The molecule has 4 amide bonds. The summed E-state index contributed by atoms with van der Waals surface area (Å²) in [5.41, 5.74) is 1.99. The van der Waals surface area contributed by atoms with Crippen LogP contribution in [0.4, 0.5) is 4.79 Å². The topological polar surface area (TPSA) is 104 Å². The van der Waals surface area contributed by atoms with Crippen LogP contribution >= 0.6 is 0 Å². The highest BCUT2D eigenvalue weighted by Gasteiger charge is 2.37. The smallest absolute Gasteiger partial charge is 0.324 e. The molecule has 1 aliphatic rings. The number of hydrogen-bond donors (Lipinski definition) is 3. The molecule has 1 fully saturated rings. The lowest BCUT2D eigenvalue weighted by atomic mass is 10.1. The molecule has 0 aliphatic carbocycles. The maximum Gasteiger partial charge on any atom is 0.324 e. The van der Waals surface area contributed by atoms with Crippen LogP contribution in [0.3, 0.4) is 0 Å². The molecule has 3 N–H and O–H groups in total. The Kier molecular flexibility index (Phi) is 6.74. The Morgan fingerprint density at radius 1 is 1.31 bits per heavy atom. The van der Waals surface area contributed by atoms with E-state index in [0.29, 0.717) is 19.4 Å². The number of carbonyl (C=O) groups excluding carboxylic acids is 3. The standard InChI is InChI=1S/C21H28N4O4/c1-3-4-10-22-19(26)8-7-18-20(27)25(21(28)24-18)11-9-14-13-23-17-6-5-15(29-2)12-16(14)17/h5-6,12-13,18,23H,3-4,7-11H2,1-2H3,(H,22,26)(H,24,28)/t18-/m0/s1. The van der Waals surface area contributed by atoms with Gasteiger partial charge in [0.25, 0.3) is 5.91 Å². The van der Waals surface area contributed by atoms with Gasteiger partial charge in [-0.3, -0.25) is 14.5 Å². The molecular formula is C21H28N4O4. The predicted octanol–water partition coefficient (Wildman–Crippen LogP) is 2.34. The first kappa shape index (κ1) is 20.7. The third-order valence-electron chi connectivity index (χ3n) is 5.20. The van der Waals surface area contributed by atoms with E-state index in [4.69, 9.17) is 4.74 Å². The average Bonchev–Trinajstić information content (AvgIpc) is 3.24. The van der Waals surface area contributed by atoms with E-state index in [0.717, 1.165) is 35.1 Å². The Labute approximate surface area is 170 Å². The van der Waals surface area contributed by atoms with Crippen LogP contribution in [0.1, 0.15) is 38.2 Å². The van der Waals surface area contributed by atoms with Crippen molar-refractivity contribution in [3.63, 3.8) is 0 Å². The number of rotatable bonds is 10. The van der Waals surface area contributed by atoms with Gasteiger partial charge in [0, 0.05) is 36.6 Å². The van der Waals surface area contributed by atoms with Crippen molar-refractivity contribution in [2.45, 2.75) is 45.1 Å². The van der Waals surface area contributed by atoms with Gasteiger partial charge in [0.15, 0.2) is 0 Å². The zero-order valence-corrected chi connectivity index (χ0v) is 16.9. The van der Waals surface area contributed by atoms with E-state index in [1.807, 2.05) is 24.4 Å². The number of amides is 4. The Morgan fingerprint density at radius 2 is 2.14 bits per heavy atom. The summed E-state index contributed by atoms with van der Waals surface area (Å²) in [6.07, 6.45) is 4.89. The quantitative estimate of drug-likeness (QED) is 0.421. The average molecular weight is 400 g/mol. The number of nitrogens with zero attached hydrogens (tertiary/aromatic N) is 1. The largest absolute Gasteiger partial charge is 0.497 e. The first-order chi connectivity index (χ1) is 14.0. The Balaban J connectivity index is 1.55. The Bertz CT molecular complexity index is 892. The molecule has 3 rings (SSSR count). The summed E-state index contributed by atoms with van der Waals surface area (Å²) in [6.45, 7) is 2.98. The van der Waals surface area contributed by atoms with Crippen LogP contribution in [-0.4, -0.2) is 54.0 Å². The molecule has 8 heteroatoms. The zero-order valence-electron chi connectivity index (χ0n) is 16.9. The van der Waals surface area contributed by atoms with Crippen molar-refractivity contribution in [2.75, 3.05) is 20.2 Å². The van der Waals surface area contributed by atoms with Crippen molar-refractivity contribution in [3.05, 3.63) is 30.0 Å². The van der Waals surface area contributed by atoms with Crippen molar-refractivity contribution in [2.24, 2.45) is 0 Å². The molecular weight excluding hydrogens is 372 g/mol. The Morgan fingerprint density at radius 3 is 2.90 bits per heavy atom. The molecule has 156 valence electrons. The molecule has 1 aromatic carbocycles. The molecule has 29 heavy (non-hydrogen) atoms. The highest BCUT2D eigenvalue weighted by molar-refractivity contribution is 6.04. The lowest BCUT2D eigenvalue weighted by Gasteiger charge is -2.13. The van der Waals surface area contributed by atoms with Crippen LogP contribution in [-0.2, 0) is 16.0 Å². The van der Waals surface area contributed by atoms with Gasteiger partial charge >= 0.3 is 6.03 Å². The van der Waals surface area contributed by atoms with Gasteiger partial charge in [-0.15, -0.1) is 0 Å². The molecule has 1 aliphatic heterocycles. The first-order valence-corrected chi connectivity index (χ1v) is 10.1. The third-order valence-corrected chi connectivity index (χ3v) is 5.20. The second-order valence-electron chi connectivity index (χ2n) is 7.21. The van der Waals surface area contributed by atoms with Crippen molar-refractivity contribution in [1.82, 2.24) is 20.5 Å². The normalized spacial score (nSPS) is 16.3. The number of aromatic amines is 1. The maximum atomic E-state index is 12.6. The number of H-pyrrole nitrogens is 1. The van der Waals surface area contributed by atoms with Crippen LogP contribution in [0.15, 0.2) is 24.4 Å². The third kappa shape index (κ3) is 4.88. The number of imide groups is 1. The number of carbonyl (C=O) groups is 3. The Hall–Kier alpha value is -3.03. The molecule has 1 atom stereocenters. The van der Waals surface area contributed by atoms with E-state index in [1.54, 1.807) is 7.11 Å². The van der Waals surface area contributed by atoms with E-state index >= 15 is 0 Å². The van der Waals surface area contributed by atoms with E-state index in [9.17, 15) is 14.4 Å². The molecule has 1 saturated heterocycles. The van der Waals surface area contributed by atoms with Crippen LogP contribution in [0, 0.1) is 0 Å². The van der Waals surface area contributed by atoms with Crippen LogP contribution in [0.2, 0.25) is 0 Å². The number of unbranched alkanes of at least 4 members (excludes halogenated alkanes) is 1. The van der Waals surface area contributed by atoms with Crippen LogP contribution < -0.4 is 15.4 Å². The number of ether oxygens (including phenoxy) is 1. The van der Waals surface area contributed by atoms with E-state index in [2.05, 4.69) is 22.5 Å². The minimum Gasteiger partial charge on any atom is -0.497 e. The summed E-state index contributed by atoms with van der Waals surface area (Å²) in [6, 6.07) is 4.72. The first-order valence-electron chi connectivity index (χ1n) is 10.1. The molecule has 0 unspecified atom stereocenters. The van der Waals surface area contributed by atoms with Crippen LogP contribution in [0.5, 0.6) is 5.75 Å². The van der Waals surface area contributed by atoms with Gasteiger partial charge in [0.1, 0.15) is 11.8 Å². The lowest BCUT2D eigenvalue weighted by Crippen LogP contribution is -2.34. The number of fused-ring (bicyclic) bond motifs is 1. The SMILES string of the molecule is CCCCNC(=O)CC[C@@H]1NC(=O)N(CCc2c[nH]c3ccc(OC)cc23)C1=O. The van der Waals surface area contributed by atoms with Crippen molar-refractivity contribution in [3.8, 4) is 5.75 Å². The number of nitrogens with one attached hydrogen (secondary N) is 3. The molecule has 0 bridgehead atoms. The lowest BCUT2D eigenvalue weighted by molar-refractivity contribution is -0.127. The van der Waals surface area contributed by atoms with Gasteiger partial charge in [-0.1, -0.05) is 13.3 Å². The molecule has 2 heterocycles. The van der Waals surface area contributed by atoms with E-state index < -0.39 is 12.1 Å². The fraction of sp³-hybridized carbons (Fsp3) is 0.476. The van der Waals surface area contributed by atoms with Crippen molar-refractivity contribution >= 4 is 28.7 Å². The summed E-state index contributed by atoms with van der Waals surface area (Å²) in [4.78, 5) is 41.1. The molecule has 1 aromatic heterocycles. The highest BCUT2D eigenvalue weighted by Crippen LogP contribution is 2.24. The minimum atomic E-state index is -0.637. The van der Waals surface area contributed by atoms with E-state index in [1.165, 1.54) is 4.90 Å². The predicted molar refractivity (Wildman–Crippen MR) is 110 cm³/mol. The second-order valence-corrected chi connectivity index (χ2v) is 7.21. The van der Waals surface area contributed by atoms with Crippen LogP contribution in [0.25, 0.3) is 10.9 Å². The van der Waals surface area contributed by atoms with Gasteiger partial charge < -0.3 is 20.4 Å². The van der Waals surface area contributed by atoms with Gasteiger partial charge in [-0.25, -0.2) is 4.79 Å². The molecule has 0 spiro atoms. The van der Waals surface area contributed by atoms with Gasteiger partial charge in [-0.2, -0.15) is 0 Å². The van der Waals surface area contributed by atoms with Crippen molar-refractivity contribution < 1.29 is 19.1 Å². The minimum absolute atomic E-state index is 0.0910. The molecule has 0 radical (unpaired) electrons. The molecule has 2 aromatic rings. The van der Waals surface area contributed by atoms with Gasteiger partial charge in [0.2, 0.25) is 5.91 Å².